The van der Waals surface area contributed by atoms with Crippen LogP contribution in [0.2, 0.25) is 0 Å². The van der Waals surface area contributed by atoms with Crippen molar-refractivity contribution in [3.8, 4) is 0 Å². The zero-order valence-electron chi connectivity index (χ0n) is 12.0. The van der Waals surface area contributed by atoms with Crippen LogP contribution in [-0.4, -0.2) is 32.9 Å². The van der Waals surface area contributed by atoms with Gasteiger partial charge in [0.05, 0.1) is 5.03 Å². The molecule has 1 heterocycles. The normalized spacial score (nSPS) is 26.6. The minimum absolute atomic E-state index is 0.171. The van der Waals surface area contributed by atoms with Crippen LogP contribution in [0.15, 0.2) is 29.4 Å². The predicted octanol–water partition coefficient (Wildman–Crippen LogP) is 2.94. The van der Waals surface area contributed by atoms with Crippen molar-refractivity contribution in [3.05, 3.63) is 24.4 Å². The lowest BCUT2D eigenvalue weighted by atomic mass is 9.81. The lowest BCUT2D eigenvalue weighted by molar-refractivity contribution is -0.146. The Labute approximate surface area is 124 Å². The SMILES string of the molecule is CC(C)NC1(C(=O)O)CCCC(Sc2ccccn2)C1. The number of aromatic nitrogens is 1. The molecule has 4 nitrogen and oxygen atoms in total. The topological polar surface area (TPSA) is 62.2 Å². The molecule has 1 aliphatic carbocycles. The molecule has 0 aromatic carbocycles. The summed E-state index contributed by atoms with van der Waals surface area (Å²) in [6.07, 6.45) is 5.14. The molecule has 0 bridgehead atoms. The summed E-state index contributed by atoms with van der Waals surface area (Å²) in [5, 5.41) is 14.2. The van der Waals surface area contributed by atoms with E-state index >= 15 is 0 Å². The van der Waals surface area contributed by atoms with Gasteiger partial charge in [-0.3, -0.25) is 10.1 Å². The fraction of sp³-hybridized carbons (Fsp3) is 0.600. The molecule has 0 radical (unpaired) electrons. The summed E-state index contributed by atoms with van der Waals surface area (Å²) < 4.78 is 0. The molecule has 1 saturated carbocycles. The third-order valence-corrected chi connectivity index (χ3v) is 4.82. The standard InChI is InChI=1S/C15H22N2O2S/c1-11(2)17-15(14(18)19)8-5-6-12(10-15)20-13-7-3-4-9-16-13/h3-4,7,9,11-12,17H,5-6,8,10H2,1-2H3,(H,18,19). The molecule has 1 aliphatic rings. The average Bonchev–Trinajstić information content (AvgIpc) is 2.39. The van der Waals surface area contributed by atoms with Gasteiger partial charge in [0.25, 0.3) is 0 Å². The van der Waals surface area contributed by atoms with Crippen molar-refractivity contribution in [2.75, 3.05) is 0 Å². The van der Waals surface area contributed by atoms with Crippen molar-refractivity contribution in [2.45, 2.75) is 61.4 Å². The van der Waals surface area contributed by atoms with Gasteiger partial charge in [0.2, 0.25) is 0 Å². The summed E-state index contributed by atoms with van der Waals surface area (Å²) in [5.41, 5.74) is -0.779. The van der Waals surface area contributed by atoms with Crippen LogP contribution in [0.25, 0.3) is 0 Å². The smallest absolute Gasteiger partial charge is 0.323 e. The molecule has 110 valence electrons. The number of pyridine rings is 1. The number of nitrogens with one attached hydrogen (secondary N) is 1. The molecule has 0 aliphatic heterocycles. The zero-order valence-corrected chi connectivity index (χ0v) is 12.8. The highest BCUT2D eigenvalue weighted by atomic mass is 32.2. The van der Waals surface area contributed by atoms with Crippen molar-refractivity contribution in [1.82, 2.24) is 10.3 Å². The molecule has 2 atom stereocenters. The molecular formula is C15H22N2O2S. The van der Waals surface area contributed by atoms with Crippen molar-refractivity contribution in [2.24, 2.45) is 0 Å². The summed E-state index contributed by atoms with van der Waals surface area (Å²) in [7, 11) is 0. The van der Waals surface area contributed by atoms with Gasteiger partial charge in [-0.15, -0.1) is 11.8 Å². The molecule has 1 fully saturated rings. The maximum atomic E-state index is 11.7. The van der Waals surface area contributed by atoms with Gasteiger partial charge in [-0.2, -0.15) is 0 Å². The number of nitrogens with zero attached hydrogens (tertiary/aromatic N) is 1. The fourth-order valence-corrected chi connectivity index (χ4v) is 4.12. The Balaban J connectivity index is 2.08. The minimum Gasteiger partial charge on any atom is -0.480 e. The molecule has 0 saturated heterocycles. The Morgan fingerprint density at radius 3 is 2.95 bits per heavy atom. The number of carboxylic acids is 1. The highest BCUT2D eigenvalue weighted by Gasteiger charge is 2.43. The van der Waals surface area contributed by atoms with Crippen LogP contribution in [0.3, 0.4) is 0 Å². The number of rotatable bonds is 5. The van der Waals surface area contributed by atoms with E-state index in [1.807, 2.05) is 32.0 Å². The quantitative estimate of drug-likeness (QED) is 0.874. The molecule has 0 spiro atoms. The van der Waals surface area contributed by atoms with E-state index in [0.717, 1.165) is 17.9 Å². The van der Waals surface area contributed by atoms with Gasteiger partial charge < -0.3 is 5.11 Å². The molecule has 0 amide bonds. The lowest BCUT2D eigenvalue weighted by Crippen LogP contribution is -2.57. The van der Waals surface area contributed by atoms with Gasteiger partial charge in [-0.1, -0.05) is 6.07 Å². The molecule has 1 aromatic heterocycles. The van der Waals surface area contributed by atoms with Crippen LogP contribution in [0, 0.1) is 0 Å². The van der Waals surface area contributed by atoms with Crippen LogP contribution < -0.4 is 5.32 Å². The second-order valence-electron chi connectivity index (χ2n) is 5.69. The number of aliphatic carboxylic acids is 1. The first kappa shape index (κ1) is 15.3. The van der Waals surface area contributed by atoms with Gasteiger partial charge in [0.15, 0.2) is 0 Å². The summed E-state index contributed by atoms with van der Waals surface area (Å²) in [4.78, 5) is 16.0. The highest BCUT2D eigenvalue weighted by molar-refractivity contribution is 7.99. The maximum Gasteiger partial charge on any atom is 0.323 e. The first-order chi connectivity index (χ1) is 9.52. The molecule has 1 aromatic rings. The molecule has 2 rings (SSSR count). The number of thioether (sulfide) groups is 1. The third-order valence-electron chi connectivity index (χ3n) is 3.61. The van der Waals surface area contributed by atoms with E-state index < -0.39 is 11.5 Å². The van der Waals surface area contributed by atoms with Crippen molar-refractivity contribution < 1.29 is 9.90 Å². The van der Waals surface area contributed by atoms with Gasteiger partial charge in [-0.25, -0.2) is 4.98 Å². The molecule has 5 heteroatoms. The second-order valence-corrected chi connectivity index (χ2v) is 7.01. The van der Waals surface area contributed by atoms with Crippen LogP contribution in [-0.2, 0) is 4.79 Å². The highest BCUT2D eigenvalue weighted by Crippen LogP contribution is 2.38. The van der Waals surface area contributed by atoms with E-state index in [0.29, 0.717) is 18.1 Å². The Kier molecular flexibility index (Phi) is 5.05. The molecule has 2 unspecified atom stereocenters. The van der Waals surface area contributed by atoms with E-state index in [4.69, 9.17) is 0 Å². The van der Waals surface area contributed by atoms with Crippen molar-refractivity contribution in [1.29, 1.82) is 0 Å². The average molecular weight is 294 g/mol. The van der Waals surface area contributed by atoms with Gasteiger partial charge in [-0.05, 0) is 51.7 Å². The van der Waals surface area contributed by atoms with Crippen molar-refractivity contribution >= 4 is 17.7 Å². The van der Waals surface area contributed by atoms with E-state index in [2.05, 4.69) is 10.3 Å². The Morgan fingerprint density at radius 1 is 1.55 bits per heavy atom. The van der Waals surface area contributed by atoms with E-state index in [9.17, 15) is 9.90 Å². The summed E-state index contributed by atoms with van der Waals surface area (Å²) in [5.74, 6) is -0.725. The zero-order chi connectivity index (χ0) is 14.6. The van der Waals surface area contributed by atoms with E-state index in [-0.39, 0.29) is 6.04 Å². The first-order valence-corrected chi connectivity index (χ1v) is 7.98. The van der Waals surface area contributed by atoms with Gasteiger partial charge in [0.1, 0.15) is 5.54 Å². The van der Waals surface area contributed by atoms with Crippen LogP contribution in [0.4, 0.5) is 0 Å². The maximum absolute atomic E-state index is 11.7. The summed E-state index contributed by atoms with van der Waals surface area (Å²) in [6, 6.07) is 6.02. The molecule has 20 heavy (non-hydrogen) atoms. The Bertz CT molecular complexity index is 452. The largest absolute Gasteiger partial charge is 0.480 e. The predicted molar refractivity (Wildman–Crippen MR) is 81.0 cm³/mol. The monoisotopic (exact) mass is 294 g/mol. The Hall–Kier alpha value is -1.07. The lowest BCUT2D eigenvalue weighted by Gasteiger charge is -2.39. The Morgan fingerprint density at radius 2 is 2.35 bits per heavy atom. The number of carbonyl (C=O) groups is 1. The molecule has 2 N–H and O–H groups in total. The minimum atomic E-state index is -0.779. The van der Waals surface area contributed by atoms with Crippen LogP contribution in [0.1, 0.15) is 39.5 Å². The second kappa shape index (κ2) is 6.59. The summed E-state index contributed by atoms with van der Waals surface area (Å²) in [6.45, 7) is 4.00. The van der Waals surface area contributed by atoms with Crippen LogP contribution >= 0.6 is 11.8 Å². The fourth-order valence-electron chi connectivity index (χ4n) is 2.85. The number of hydrogen-bond acceptors (Lipinski definition) is 4. The third kappa shape index (κ3) is 3.73. The molecular weight excluding hydrogens is 272 g/mol. The van der Waals surface area contributed by atoms with Crippen molar-refractivity contribution in [3.63, 3.8) is 0 Å². The van der Waals surface area contributed by atoms with E-state index in [1.165, 1.54) is 0 Å². The van der Waals surface area contributed by atoms with Crippen LogP contribution in [0.5, 0.6) is 0 Å². The summed E-state index contributed by atoms with van der Waals surface area (Å²) >= 11 is 1.70. The van der Waals surface area contributed by atoms with Gasteiger partial charge >= 0.3 is 5.97 Å². The number of hydrogen-bond donors (Lipinski definition) is 2. The number of carboxylic acid groups (broad SMARTS) is 1. The van der Waals surface area contributed by atoms with E-state index in [1.54, 1.807) is 18.0 Å². The van der Waals surface area contributed by atoms with Gasteiger partial charge in [0, 0.05) is 17.5 Å². The first-order valence-electron chi connectivity index (χ1n) is 7.11.